The molecule has 104 valence electrons. The van der Waals surface area contributed by atoms with E-state index >= 15 is 0 Å². The predicted molar refractivity (Wildman–Crippen MR) is 82.1 cm³/mol. The van der Waals surface area contributed by atoms with Gasteiger partial charge in [-0.2, -0.15) is 0 Å². The van der Waals surface area contributed by atoms with Gasteiger partial charge in [-0.25, -0.2) is 0 Å². The van der Waals surface area contributed by atoms with Crippen LogP contribution in [0.25, 0.3) is 0 Å². The van der Waals surface area contributed by atoms with Crippen molar-refractivity contribution in [2.75, 3.05) is 7.11 Å². The average molecular weight is 334 g/mol. The second-order valence-corrected chi connectivity index (χ2v) is 5.82. The van der Waals surface area contributed by atoms with Crippen molar-refractivity contribution in [1.82, 2.24) is 0 Å². The highest BCUT2D eigenvalue weighted by molar-refractivity contribution is 9.10. The highest BCUT2D eigenvalue weighted by Gasteiger charge is 2.27. The van der Waals surface area contributed by atoms with E-state index in [1.54, 1.807) is 7.11 Å². The monoisotopic (exact) mass is 333 g/mol. The van der Waals surface area contributed by atoms with Gasteiger partial charge in [0.15, 0.2) is 0 Å². The lowest BCUT2D eigenvalue weighted by atomic mass is 9.93. The molecule has 20 heavy (non-hydrogen) atoms. The minimum atomic E-state index is -0.0437. The Hall–Kier alpha value is -1.52. The van der Waals surface area contributed by atoms with Crippen LogP contribution in [0.15, 0.2) is 46.9 Å². The summed E-state index contributed by atoms with van der Waals surface area (Å²) in [6, 6.07) is 13.9. The van der Waals surface area contributed by atoms with Crippen LogP contribution in [-0.2, 0) is 0 Å². The normalized spacial score (nSPS) is 20.9. The first-order valence-electron chi connectivity index (χ1n) is 6.53. The van der Waals surface area contributed by atoms with Gasteiger partial charge >= 0.3 is 0 Å². The van der Waals surface area contributed by atoms with Gasteiger partial charge in [0.2, 0.25) is 0 Å². The number of rotatable bonds is 2. The molecule has 2 aromatic carbocycles. The Morgan fingerprint density at radius 3 is 2.85 bits per heavy atom. The highest BCUT2D eigenvalue weighted by Crippen LogP contribution is 2.41. The van der Waals surface area contributed by atoms with Crippen molar-refractivity contribution in [2.24, 2.45) is 5.73 Å². The van der Waals surface area contributed by atoms with Crippen LogP contribution in [0, 0.1) is 0 Å². The largest absolute Gasteiger partial charge is 0.497 e. The third-order valence-corrected chi connectivity index (χ3v) is 4.07. The molecule has 0 spiro atoms. The lowest BCUT2D eigenvalue weighted by Gasteiger charge is -2.31. The Labute approximate surface area is 126 Å². The molecule has 1 unspecified atom stereocenters. The van der Waals surface area contributed by atoms with Crippen LogP contribution in [0.3, 0.4) is 0 Å². The predicted octanol–water partition coefficient (Wildman–Crippen LogP) is 3.98. The van der Waals surface area contributed by atoms with Gasteiger partial charge in [-0.05, 0) is 35.9 Å². The van der Waals surface area contributed by atoms with Crippen molar-refractivity contribution in [1.29, 1.82) is 0 Å². The number of ether oxygens (including phenoxy) is 2. The fourth-order valence-corrected chi connectivity index (χ4v) is 2.94. The molecule has 1 aliphatic rings. The van der Waals surface area contributed by atoms with Crippen molar-refractivity contribution in [3.05, 3.63) is 58.1 Å². The molecule has 1 heterocycles. The molecule has 0 saturated heterocycles. The molecule has 0 radical (unpaired) electrons. The maximum atomic E-state index is 6.29. The molecule has 2 aromatic rings. The van der Waals surface area contributed by atoms with E-state index in [0.717, 1.165) is 33.5 Å². The number of hydrogen-bond donors (Lipinski definition) is 1. The van der Waals surface area contributed by atoms with E-state index in [9.17, 15) is 0 Å². The Balaban J connectivity index is 1.93. The second-order valence-electron chi connectivity index (χ2n) is 4.91. The molecule has 0 amide bonds. The zero-order valence-electron chi connectivity index (χ0n) is 11.2. The van der Waals surface area contributed by atoms with Gasteiger partial charge in [0.1, 0.15) is 17.6 Å². The lowest BCUT2D eigenvalue weighted by molar-refractivity contribution is 0.161. The summed E-state index contributed by atoms with van der Waals surface area (Å²) in [6.07, 6.45) is 0.750. The zero-order valence-corrected chi connectivity index (χ0v) is 12.8. The van der Waals surface area contributed by atoms with E-state index in [-0.39, 0.29) is 12.1 Å². The highest BCUT2D eigenvalue weighted by atomic mass is 79.9. The summed E-state index contributed by atoms with van der Waals surface area (Å²) in [5.41, 5.74) is 8.43. The zero-order chi connectivity index (χ0) is 14.1. The Kier molecular flexibility index (Phi) is 3.68. The summed E-state index contributed by atoms with van der Waals surface area (Å²) < 4.78 is 12.4. The van der Waals surface area contributed by atoms with E-state index in [0.29, 0.717) is 0 Å². The number of halogens is 1. The molecule has 2 N–H and O–H groups in total. The van der Waals surface area contributed by atoms with E-state index in [4.69, 9.17) is 15.2 Å². The topological polar surface area (TPSA) is 44.5 Å². The van der Waals surface area contributed by atoms with Gasteiger partial charge in [-0.1, -0.05) is 28.1 Å². The quantitative estimate of drug-likeness (QED) is 0.903. The van der Waals surface area contributed by atoms with Crippen molar-refractivity contribution in [3.63, 3.8) is 0 Å². The third kappa shape index (κ3) is 2.53. The van der Waals surface area contributed by atoms with E-state index in [2.05, 4.69) is 28.1 Å². The van der Waals surface area contributed by atoms with Crippen LogP contribution in [0.1, 0.15) is 29.7 Å². The van der Waals surface area contributed by atoms with Gasteiger partial charge in [0, 0.05) is 22.5 Å². The first-order valence-corrected chi connectivity index (χ1v) is 7.32. The minimum absolute atomic E-state index is 0.0107. The molecule has 3 rings (SSSR count). The summed E-state index contributed by atoms with van der Waals surface area (Å²) in [4.78, 5) is 0. The molecule has 3 nitrogen and oxygen atoms in total. The number of fused-ring (bicyclic) bond motifs is 1. The summed E-state index contributed by atoms with van der Waals surface area (Å²) >= 11 is 3.49. The van der Waals surface area contributed by atoms with Gasteiger partial charge in [-0.15, -0.1) is 0 Å². The van der Waals surface area contributed by atoms with E-state index in [1.165, 1.54) is 0 Å². The molecular weight excluding hydrogens is 318 g/mol. The molecule has 0 bridgehead atoms. The SMILES string of the molecule is COc1ccc2c(c1)[C@H](N)CC(c1cccc(Br)c1)O2. The van der Waals surface area contributed by atoms with Crippen LogP contribution in [-0.4, -0.2) is 7.11 Å². The smallest absolute Gasteiger partial charge is 0.126 e. The number of hydrogen-bond acceptors (Lipinski definition) is 3. The van der Waals surface area contributed by atoms with Crippen molar-refractivity contribution >= 4 is 15.9 Å². The van der Waals surface area contributed by atoms with Gasteiger partial charge in [0.25, 0.3) is 0 Å². The molecule has 0 aliphatic carbocycles. The van der Waals surface area contributed by atoms with Crippen molar-refractivity contribution < 1.29 is 9.47 Å². The van der Waals surface area contributed by atoms with Crippen LogP contribution >= 0.6 is 15.9 Å². The van der Waals surface area contributed by atoms with Crippen LogP contribution in [0.4, 0.5) is 0 Å². The molecule has 0 fully saturated rings. The first-order chi connectivity index (χ1) is 9.67. The lowest BCUT2D eigenvalue weighted by Crippen LogP contribution is -2.24. The summed E-state index contributed by atoms with van der Waals surface area (Å²) in [5, 5.41) is 0. The van der Waals surface area contributed by atoms with Gasteiger partial charge in [0.05, 0.1) is 7.11 Å². The maximum Gasteiger partial charge on any atom is 0.126 e. The van der Waals surface area contributed by atoms with Crippen LogP contribution in [0.2, 0.25) is 0 Å². The average Bonchev–Trinajstić information content (AvgIpc) is 2.47. The van der Waals surface area contributed by atoms with E-state index in [1.807, 2.05) is 30.3 Å². The second kappa shape index (κ2) is 5.46. The van der Waals surface area contributed by atoms with Gasteiger partial charge < -0.3 is 15.2 Å². The molecule has 4 heteroatoms. The summed E-state index contributed by atoms with van der Waals surface area (Å²) in [6.45, 7) is 0. The molecular formula is C16H16BrNO2. The van der Waals surface area contributed by atoms with E-state index < -0.39 is 0 Å². The Bertz CT molecular complexity index is 630. The molecule has 0 saturated carbocycles. The summed E-state index contributed by atoms with van der Waals surface area (Å²) in [7, 11) is 1.65. The first kappa shape index (κ1) is 13.5. The number of nitrogens with two attached hydrogens (primary N) is 1. The number of benzene rings is 2. The fourth-order valence-electron chi connectivity index (χ4n) is 2.52. The summed E-state index contributed by atoms with van der Waals surface area (Å²) in [5.74, 6) is 1.65. The molecule has 0 aromatic heterocycles. The maximum absolute atomic E-state index is 6.29. The van der Waals surface area contributed by atoms with Crippen molar-refractivity contribution in [2.45, 2.75) is 18.6 Å². The third-order valence-electron chi connectivity index (χ3n) is 3.57. The van der Waals surface area contributed by atoms with Crippen molar-refractivity contribution in [3.8, 4) is 11.5 Å². The number of methoxy groups -OCH3 is 1. The Morgan fingerprint density at radius 1 is 1.25 bits per heavy atom. The standard InChI is InChI=1S/C16H16BrNO2/c1-19-12-5-6-15-13(8-12)14(18)9-16(20-15)10-3-2-4-11(17)7-10/h2-8,14,16H,9,18H2,1H3/t14-,16?/m1/s1. The van der Waals surface area contributed by atoms with Gasteiger partial charge in [-0.3, -0.25) is 0 Å². The molecule has 2 atom stereocenters. The Morgan fingerprint density at radius 2 is 2.10 bits per heavy atom. The van der Waals surface area contributed by atoms with Crippen LogP contribution in [0.5, 0.6) is 11.5 Å². The fraction of sp³-hybridized carbons (Fsp3) is 0.250. The van der Waals surface area contributed by atoms with Crippen LogP contribution < -0.4 is 15.2 Å². The minimum Gasteiger partial charge on any atom is -0.497 e. The molecule has 1 aliphatic heterocycles.